The van der Waals surface area contributed by atoms with E-state index in [2.05, 4.69) is 5.32 Å². The molecular weight excluding hydrogens is 344 g/mol. The van der Waals surface area contributed by atoms with Crippen molar-refractivity contribution < 1.29 is 29.2 Å². The largest absolute Gasteiger partial charge is 0.478 e. The first kappa shape index (κ1) is 18.6. The van der Waals surface area contributed by atoms with Gasteiger partial charge in [-0.2, -0.15) is 0 Å². The molecule has 0 unspecified atom stereocenters. The Morgan fingerprint density at radius 1 is 1.12 bits per heavy atom. The molecule has 9 heteroatoms. The van der Waals surface area contributed by atoms with Crippen LogP contribution in [-0.4, -0.2) is 34.5 Å². The molecular formula is C17H14N2O7. The van der Waals surface area contributed by atoms with E-state index in [1.54, 1.807) is 6.92 Å². The van der Waals surface area contributed by atoms with E-state index in [0.29, 0.717) is 11.3 Å². The number of carboxylic acid groups (broad SMARTS) is 1. The number of nitrogens with zero attached hydrogens (tertiary/aromatic N) is 1. The van der Waals surface area contributed by atoms with Crippen LogP contribution in [0.3, 0.4) is 0 Å². The van der Waals surface area contributed by atoms with Gasteiger partial charge in [-0.1, -0.05) is 0 Å². The Bertz CT molecular complexity index is 875. The molecule has 0 saturated carbocycles. The number of hydrogen-bond donors (Lipinski definition) is 2. The van der Waals surface area contributed by atoms with Gasteiger partial charge in [0.2, 0.25) is 0 Å². The molecule has 9 nitrogen and oxygen atoms in total. The van der Waals surface area contributed by atoms with E-state index < -0.39 is 34.0 Å². The van der Waals surface area contributed by atoms with Gasteiger partial charge in [-0.25, -0.2) is 9.59 Å². The van der Waals surface area contributed by atoms with Crippen LogP contribution < -0.4 is 5.32 Å². The number of rotatable bonds is 6. The number of nitro groups is 1. The molecule has 0 spiro atoms. The number of aromatic carboxylic acids is 1. The van der Waals surface area contributed by atoms with Gasteiger partial charge in [0, 0.05) is 17.8 Å². The minimum absolute atomic E-state index is 0.224. The Balaban J connectivity index is 2.23. The van der Waals surface area contributed by atoms with Crippen LogP contribution in [0.4, 0.5) is 11.4 Å². The van der Waals surface area contributed by atoms with E-state index in [-0.39, 0.29) is 12.2 Å². The van der Waals surface area contributed by atoms with Gasteiger partial charge in [0.15, 0.2) is 0 Å². The molecule has 2 N–H and O–H groups in total. The van der Waals surface area contributed by atoms with Gasteiger partial charge in [-0.05, 0) is 37.3 Å². The van der Waals surface area contributed by atoms with Crippen molar-refractivity contribution in [3.05, 3.63) is 69.3 Å². The van der Waals surface area contributed by atoms with Crippen LogP contribution in [0.25, 0.3) is 0 Å². The molecule has 2 aromatic carbocycles. The molecule has 0 atom stereocenters. The van der Waals surface area contributed by atoms with Crippen molar-refractivity contribution in [1.82, 2.24) is 0 Å². The molecule has 134 valence electrons. The average Bonchev–Trinajstić information content (AvgIpc) is 2.61. The van der Waals surface area contributed by atoms with Gasteiger partial charge >= 0.3 is 11.9 Å². The summed E-state index contributed by atoms with van der Waals surface area (Å²) in [5, 5.41) is 22.4. The maximum Gasteiger partial charge on any atom is 0.338 e. The van der Waals surface area contributed by atoms with Gasteiger partial charge in [-0.3, -0.25) is 14.9 Å². The number of carbonyl (C=O) groups excluding carboxylic acids is 2. The number of non-ortho nitro benzene ring substituents is 1. The number of esters is 1. The van der Waals surface area contributed by atoms with Gasteiger partial charge in [0.1, 0.15) is 0 Å². The lowest BCUT2D eigenvalue weighted by Gasteiger charge is -2.08. The van der Waals surface area contributed by atoms with Crippen molar-refractivity contribution in [1.29, 1.82) is 0 Å². The van der Waals surface area contributed by atoms with E-state index in [1.807, 2.05) is 0 Å². The van der Waals surface area contributed by atoms with Gasteiger partial charge < -0.3 is 15.2 Å². The first-order chi connectivity index (χ1) is 12.3. The minimum atomic E-state index is -1.46. The highest BCUT2D eigenvalue weighted by Gasteiger charge is 2.20. The average molecular weight is 358 g/mol. The third kappa shape index (κ3) is 4.20. The molecule has 0 radical (unpaired) electrons. The lowest BCUT2D eigenvalue weighted by molar-refractivity contribution is -0.384. The predicted molar refractivity (Wildman–Crippen MR) is 90.4 cm³/mol. The Morgan fingerprint density at radius 2 is 1.77 bits per heavy atom. The van der Waals surface area contributed by atoms with Crippen LogP contribution in [0.1, 0.15) is 38.0 Å². The zero-order valence-corrected chi connectivity index (χ0v) is 13.6. The molecule has 2 rings (SSSR count). The van der Waals surface area contributed by atoms with Crippen LogP contribution in [0.2, 0.25) is 0 Å². The molecule has 0 aliphatic heterocycles. The summed E-state index contributed by atoms with van der Waals surface area (Å²) in [6.07, 6.45) is 0. The normalized spacial score (nSPS) is 10.0. The Morgan fingerprint density at radius 3 is 2.31 bits per heavy atom. The van der Waals surface area contributed by atoms with Crippen molar-refractivity contribution in [2.75, 3.05) is 11.9 Å². The Hall–Kier alpha value is -3.75. The second-order valence-corrected chi connectivity index (χ2v) is 5.04. The first-order valence-electron chi connectivity index (χ1n) is 7.43. The van der Waals surface area contributed by atoms with Crippen LogP contribution >= 0.6 is 0 Å². The fourth-order valence-corrected chi connectivity index (χ4v) is 2.12. The number of carbonyl (C=O) groups is 3. The van der Waals surface area contributed by atoms with Crippen molar-refractivity contribution in [2.24, 2.45) is 0 Å². The Kier molecular flexibility index (Phi) is 5.63. The molecule has 26 heavy (non-hydrogen) atoms. The highest BCUT2D eigenvalue weighted by molar-refractivity contribution is 6.11. The number of carboxylic acids is 1. The van der Waals surface area contributed by atoms with Crippen LogP contribution in [-0.2, 0) is 4.74 Å². The number of nitro benzene ring substituents is 1. The van der Waals surface area contributed by atoms with E-state index in [0.717, 1.165) is 18.2 Å². The molecule has 0 fully saturated rings. The third-order valence-electron chi connectivity index (χ3n) is 3.34. The molecule has 2 aromatic rings. The van der Waals surface area contributed by atoms with E-state index in [4.69, 9.17) is 4.74 Å². The summed E-state index contributed by atoms with van der Waals surface area (Å²) >= 11 is 0. The fraction of sp³-hybridized carbons (Fsp3) is 0.118. The monoisotopic (exact) mass is 358 g/mol. The van der Waals surface area contributed by atoms with Crippen molar-refractivity contribution in [2.45, 2.75) is 6.92 Å². The summed E-state index contributed by atoms with van der Waals surface area (Å²) in [5.74, 6) is -2.72. The number of nitrogens with one attached hydrogen (secondary N) is 1. The molecule has 0 bridgehead atoms. The molecule has 0 aliphatic rings. The van der Waals surface area contributed by atoms with Crippen LogP contribution in [0.15, 0.2) is 42.5 Å². The fourth-order valence-electron chi connectivity index (χ4n) is 2.12. The molecule has 0 heterocycles. The lowest BCUT2D eigenvalue weighted by atomic mass is 10.1. The van der Waals surface area contributed by atoms with Gasteiger partial charge in [0.05, 0.1) is 28.2 Å². The van der Waals surface area contributed by atoms with E-state index in [9.17, 15) is 29.6 Å². The summed E-state index contributed by atoms with van der Waals surface area (Å²) < 4.78 is 4.84. The van der Waals surface area contributed by atoms with E-state index in [1.165, 1.54) is 24.3 Å². The lowest BCUT2D eigenvalue weighted by Crippen LogP contribution is -2.17. The Labute approximate surface area is 147 Å². The van der Waals surface area contributed by atoms with Gasteiger partial charge in [0.25, 0.3) is 11.6 Å². The van der Waals surface area contributed by atoms with Crippen LogP contribution in [0, 0.1) is 10.1 Å². The molecule has 0 aromatic heterocycles. The highest BCUT2D eigenvalue weighted by Crippen LogP contribution is 2.20. The minimum Gasteiger partial charge on any atom is -0.478 e. The number of hydrogen-bond acceptors (Lipinski definition) is 6. The predicted octanol–water partition coefficient (Wildman–Crippen LogP) is 2.72. The quantitative estimate of drug-likeness (QED) is 0.460. The standard InChI is InChI=1S/C17H14N2O7/c1-2-26-17(23)10-3-5-11(6-4-10)18-15(20)13-8-7-12(19(24)25)9-14(13)16(21)22/h3-9H,2H2,1H3,(H,18,20)(H,21,22). The van der Waals surface area contributed by atoms with Crippen molar-refractivity contribution in [3.63, 3.8) is 0 Å². The number of benzene rings is 2. The summed E-state index contributed by atoms with van der Waals surface area (Å²) in [5.41, 5.74) is -0.528. The summed E-state index contributed by atoms with van der Waals surface area (Å²) in [4.78, 5) is 45.2. The number of amides is 1. The topological polar surface area (TPSA) is 136 Å². The third-order valence-corrected chi connectivity index (χ3v) is 3.34. The second-order valence-electron chi connectivity index (χ2n) is 5.04. The zero-order valence-electron chi connectivity index (χ0n) is 13.6. The summed E-state index contributed by atoms with van der Waals surface area (Å²) in [6, 6.07) is 8.74. The molecule has 0 aliphatic carbocycles. The maximum absolute atomic E-state index is 12.3. The molecule has 0 saturated heterocycles. The smallest absolute Gasteiger partial charge is 0.338 e. The number of anilines is 1. The first-order valence-corrected chi connectivity index (χ1v) is 7.43. The zero-order chi connectivity index (χ0) is 19.3. The highest BCUT2D eigenvalue weighted by atomic mass is 16.6. The van der Waals surface area contributed by atoms with Crippen molar-refractivity contribution >= 4 is 29.2 Å². The maximum atomic E-state index is 12.3. The SMILES string of the molecule is CCOC(=O)c1ccc(NC(=O)c2ccc([N+](=O)[O-])cc2C(=O)O)cc1. The van der Waals surface area contributed by atoms with Gasteiger partial charge in [-0.15, -0.1) is 0 Å². The van der Waals surface area contributed by atoms with Crippen molar-refractivity contribution in [3.8, 4) is 0 Å². The molecule has 1 amide bonds. The second kappa shape index (κ2) is 7.88. The summed E-state index contributed by atoms with van der Waals surface area (Å²) in [7, 11) is 0. The van der Waals surface area contributed by atoms with Crippen LogP contribution in [0.5, 0.6) is 0 Å². The van der Waals surface area contributed by atoms with E-state index >= 15 is 0 Å². The number of ether oxygens (including phenoxy) is 1. The summed E-state index contributed by atoms with van der Waals surface area (Å²) in [6.45, 7) is 1.91.